The summed E-state index contributed by atoms with van der Waals surface area (Å²) in [6.45, 7) is 1.36. The highest BCUT2D eigenvalue weighted by molar-refractivity contribution is 7.87. The first-order valence-corrected chi connectivity index (χ1v) is 7.81. The molecule has 0 aliphatic heterocycles. The van der Waals surface area contributed by atoms with Crippen LogP contribution in [0, 0.1) is 6.92 Å². The number of benzene rings is 2. The van der Waals surface area contributed by atoms with Gasteiger partial charge >= 0.3 is 20.4 Å². The second kappa shape index (κ2) is 4.24. The molecule has 0 N–H and O–H groups in total. The van der Waals surface area contributed by atoms with Crippen molar-refractivity contribution < 1.29 is 24.6 Å². The van der Waals surface area contributed by atoms with Crippen molar-refractivity contribution in [2.75, 3.05) is 0 Å². The molecule has 0 radical (unpaired) electrons. The minimum absolute atomic E-state index is 0.114. The molecule has 0 atom stereocenters. The maximum absolute atomic E-state index is 13.3. The van der Waals surface area contributed by atoms with Gasteiger partial charge in [0, 0.05) is 10.8 Å². The lowest BCUT2D eigenvalue weighted by molar-refractivity contribution is 0.549. The standard InChI is InChI=1S/C11H8F2O4S2/c1-7-5-6-8-9(11(7)19(13,16)17)3-2-4-10(8)18(12,14)15/h2-6H,1H3. The molecule has 19 heavy (non-hydrogen) atoms. The average Bonchev–Trinajstić information content (AvgIpc) is 2.24. The van der Waals surface area contributed by atoms with Crippen molar-refractivity contribution in [2.45, 2.75) is 16.7 Å². The zero-order chi connectivity index (χ0) is 14.4. The van der Waals surface area contributed by atoms with Gasteiger partial charge in [0.25, 0.3) is 0 Å². The molecule has 0 fully saturated rings. The third kappa shape index (κ3) is 2.45. The molecule has 0 amide bonds. The Kier molecular flexibility index (Phi) is 3.10. The van der Waals surface area contributed by atoms with Crippen LogP contribution in [0.4, 0.5) is 7.77 Å². The Balaban J connectivity index is 3.07. The zero-order valence-corrected chi connectivity index (χ0v) is 11.2. The van der Waals surface area contributed by atoms with Crippen molar-refractivity contribution in [1.29, 1.82) is 0 Å². The predicted octanol–water partition coefficient (Wildman–Crippen LogP) is 2.46. The molecule has 102 valence electrons. The minimum atomic E-state index is -5.04. The molecule has 0 bridgehead atoms. The van der Waals surface area contributed by atoms with Gasteiger partial charge in [0.1, 0.15) is 9.79 Å². The Bertz CT molecular complexity index is 871. The fourth-order valence-electron chi connectivity index (χ4n) is 1.95. The third-order valence-electron chi connectivity index (χ3n) is 2.68. The molecular weight excluding hydrogens is 298 g/mol. The first-order chi connectivity index (χ1) is 8.62. The maximum atomic E-state index is 13.3. The first-order valence-electron chi connectivity index (χ1n) is 5.04. The normalized spacial score (nSPS) is 12.8. The Morgan fingerprint density at radius 3 is 2.00 bits per heavy atom. The van der Waals surface area contributed by atoms with E-state index in [0.717, 1.165) is 12.1 Å². The monoisotopic (exact) mass is 306 g/mol. The van der Waals surface area contributed by atoms with E-state index < -0.39 is 30.2 Å². The van der Waals surface area contributed by atoms with Gasteiger partial charge in [0.15, 0.2) is 0 Å². The molecule has 2 aromatic rings. The van der Waals surface area contributed by atoms with Crippen LogP contribution < -0.4 is 0 Å². The fourth-order valence-corrected chi connectivity index (χ4v) is 3.52. The van der Waals surface area contributed by atoms with Crippen LogP contribution in [-0.4, -0.2) is 16.8 Å². The summed E-state index contributed by atoms with van der Waals surface area (Å²) in [5.74, 6) is 0. The summed E-state index contributed by atoms with van der Waals surface area (Å²) in [5.41, 5.74) is 0.114. The quantitative estimate of drug-likeness (QED) is 0.799. The number of aryl methyl sites for hydroxylation is 1. The zero-order valence-electron chi connectivity index (χ0n) is 9.59. The Morgan fingerprint density at radius 1 is 0.842 bits per heavy atom. The third-order valence-corrected chi connectivity index (χ3v) is 4.59. The van der Waals surface area contributed by atoms with Gasteiger partial charge in [-0.15, -0.1) is 7.77 Å². The summed E-state index contributed by atoms with van der Waals surface area (Å²) < 4.78 is 70.6. The van der Waals surface area contributed by atoms with Gasteiger partial charge in [-0.1, -0.05) is 24.3 Å². The van der Waals surface area contributed by atoms with Crippen molar-refractivity contribution >= 4 is 31.2 Å². The first kappa shape index (κ1) is 13.9. The summed E-state index contributed by atoms with van der Waals surface area (Å²) in [5, 5.41) is -0.340. The summed E-state index contributed by atoms with van der Waals surface area (Å²) in [6.07, 6.45) is 0. The van der Waals surface area contributed by atoms with Gasteiger partial charge < -0.3 is 0 Å². The molecule has 0 heterocycles. The second-order valence-electron chi connectivity index (χ2n) is 3.94. The molecule has 2 aromatic carbocycles. The van der Waals surface area contributed by atoms with Crippen LogP contribution in [0.2, 0.25) is 0 Å². The summed E-state index contributed by atoms with van der Waals surface area (Å²) >= 11 is 0. The largest absolute Gasteiger partial charge is 0.332 e. The van der Waals surface area contributed by atoms with Crippen LogP contribution in [0.3, 0.4) is 0 Å². The van der Waals surface area contributed by atoms with Gasteiger partial charge in [-0.25, -0.2) is 0 Å². The molecule has 4 nitrogen and oxygen atoms in total. The van der Waals surface area contributed by atoms with Crippen molar-refractivity contribution in [3.05, 3.63) is 35.9 Å². The van der Waals surface area contributed by atoms with E-state index in [9.17, 15) is 24.6 Å². The van der Waals surface area contributed by atoms with Crippen LogP contribution in [0.15, 0.2) is 40.1 Å². The van der Waals surface area contributed by atoms with Crippen molar-refractivity contribution in [2.24, 2.45) is 0 Å². The van der Waals surface area contributed by atoms with Gasteiger partial charge in [-0.3, -0.25) is 0 Å². The summed E-state index contributed by atoms with van der Waals surface area (Å²) in [4.78, 5) is -1.33. The molecular formula is C11H8F2O4S2. The molecule has 0 saturated heterocycles. The number of halogens is 2. The Morgan fingerprint density at radius 2 is 1.47 bits per heavy atom. The van der Waals surface area contributed by atoms with Crippen LogP contribution >= 0.6 is 0 Å². The lowest BCUT2D eigenvalue weighted by Gasteiger charge is -2.08. The topological polar surface area (TPSA) is 68.3 Å². The molecule has 0 aromatic heterocycles. The minimum Gasteiger partial charge on any atom is -0.189 e. The molecule has 0 aliphatic rings. The number of fused-ring (bicyclic) bond motifs is 1. The molecule has 0 spiro atoms. The smallest absolute Gasteiger partial charge is 0.189 e. The highest BCUT2D eigenvalue weighted by atomic mass is 32.3. The Hall–Kier alpha value is -1.54. The summed E-state index contributed by atoms with van der Waals surface area (Å²) in [6, 6.07) is 5.84. The van der Waals surface area contributed by atoms with Gasteiger partial charge in [0.2, 0.25) is 0 Å². The van der Waals surface area contributed by atoms with Crippen molar-refractivity contribution in [3.8, 4) is 0 Å². The van der Waals surface area contributed by atoms with E-state index in [1.54, 1.807) is 0 Å². The predicted molar refractivity (Wildman–Crippen MR) is 65.3 cm³/mol. The summed E-state index contributed by atoms with van der Waals surface area (Å²) in [7, 11) is -10.1. The Labute approximate surface area is 109 Å². The maximum Gasteiger partial charge on any atom is 0.332 e. The van der Waals surface area contributed by atoms with E-state index in [1.807, 2.05) is 0 Å². The van der Waals surface area contributed by atoms with Crippen LogP contribution in [0.5, 0.6) is 0 Å². The van der Waals surface area contributed by atoms with E-state index in [4.69, 9.17) is 0 Å². The van der Waals surface area contributed by atoms with E-state index in [0.29, 0.717) is 0 Å². The molecule has 8 heteroatoms. The highest BCUT2D eigenvalue weighted by Crippen LogP contribution is 2.32. The highest BCUT2D eigenvalue weighted by Gasteiger charge is 2.23. The van der Waals surface area contributed by atoms with Gasteiger partial charge in [-0.2, -0.15) is 16.8 Å². The van der Waals surface area contributed by atoms with Crippen molar-refractivity contribution in [3.63, 3.8) is 0 Å². The van der Waals surface area contributed by atoms with Crippen LogP contribution in [-0.2, 0) is 20.4 Å². The van der Waals surface area contributed by atoms with E-state index in [2.05, 4.69) is 0 Å². The number of hydrogen-bond donors (Lipinski definition) is 0. The van der Waals surface area contributed by atoms with Gasteiger partial charge in [-0.05, 0) is 18.6 Å². The van der Waals surface area contributed by atoms with Crippen molar-refractivity contribution in [1.82, 2.24) is 0 Å². The lowest BCUT2D eigenvalue weighted by Crippen LogP contribution is -2.00. The number of hydrogen-bond acceptors (Lipinski definition) is 4. The van der Waals surface area contributed by atoms with Crippen LogP contribution in [0.25, 0.3) is 10.8 Å². The fraction of sp³-hybridized carbons (Fsp3) is 0.0909. The molecule has 0 unspecified atom stereocenters. The second-order valence-corrected chi connectivity index (χ2v) is 6.54. The number of rotatable bonds is 2. The average molecular weight is 306 g/mol. The molecule has 2 rings (SSSR count). The van der Waals surface area contributed by atoms with Gasteiger partial charge in [0.05, 0.1) is 0 Å². The van der Waals surface area contributed by atoms with E-state index in [1.165, 1.54) is 25.1 Å². The van der Waals surface area contributed by atoms with E-state index >= 15 is 0 Å². The molecule has 0 saturated carbocycles. The molecule has 0 aliphatic carbocycles. The van der Waals surface area contributed by atoms with E-state index in [-0.39, 0.29) is 16.3 Å². The SMILES string of the molecule is Cc1ccc2c(S(=O)(=O)F)cccc2c1S(=O)(=O)F. The van der Waals surface area contributed by atoms with Crippen LogP contribution in [0.1, 0.15) is 5.56 Å². The lowest BCUT2D eigenvalue weighted by atomic mass is 10.1.